The van der Waals surface area contributed by atoms with Gasteiger partial charge in [-0.25, -0.2) is 9.98 Å². The lowest BCUT2D eigenvalue weighted by Crippen LogP contribution is -2.23. The van der Waals surface area contributed by atoms with Gasteiger partial charge in [-0.3, -0.25) is 0 Å². The molecule has 7 nitrogen and oxygen atoms in total. The zero-order valence-corrected chi connectivity index (χ0v) is 19.5. The van der Waals surface area contributed by atoms with Gasteiger partial charge in [-0.1, -0.05) is 0 Å². The number of nitrogens with one attached hydrogen (secondary N) is 1. The first kappa shape index (κ1) is 22.8. The Morgan fingerprint density at radius 3 is 2.38 bits per heavy atom. The van der Waals surface area contributed by atoms with Crippen LogP contribution in [0.2, 0.25) is 0 Å². The highest BCUT2D eigenvalue weighted by Crippen LogP contribution is 2.29. The Balaban J connectivity index is 0.00000300. The van der Waals surface area contributed by atoms with Crippen LogP contribution >= 0.6 is 35.3 Å². The van der Waals surface area contributed by atoms with Gasteiger partial charge < -0.3 is 25.3 Å². The number of nitrogens with two attached hydrogens (primary N) is 1. The first-order valence-electron chi connectivity index (χ1n) is 8.50. The Morgan fingerprint density at radius 1 is 1.03 bits per heavy atom. The highest BCUT2D eigenvalue weighted by atomic mass is 127. The quantitative estimate of drug-likeness (QED) is 0.270. The van der Waals surface area contributed by atoms with E-state index in [9.17, 15) is 0 Å². The van der Waals surface area contributed by atoms with E-state index in [1.54, 1.807) is 44.8 Å². The van der Waals surface area contributed by atoms with E-state index in [1.165, 1.54) is 0 Å². The molecule has 1 heterocycles. The minimum Gasteiger partial charge on any atom is -0.497 e. The maximum Gasteiger partial charge on any atom is 0.193 e. The van der Waals surface area contributed by atoms with Crippen molar-refractivity contribution in [3.8, 4) is 27.8 Å². The predicted molar refractivity (Wildman–Crippen MR) is 128 cm³/mol. The molecule has 0 aliphatic rings. The second-order valence-electron chi connectivity index (χ2n) is 5.77. The molecule has 0 bridgehead atoms. The molecule has 29 heavy (non-hydrogen) atoms. The smallest absolute Gasteiger partial charge is 0.193 e. The molecule has 3 N–H and O–H groups in total. The number of halogens is 1. The maximum absolute atomic E-state index is 6.02. The minimum atomic E-state index is 0. The van der Waals surface area contributed by atoms with E-state index < -0.39 is 0 Å². The maximum atomic E-state index is 6.02. The molecule has 3 rings (SSSR count). The van der Waals surface area contributed by atoms with Crippen LogP contribution in [-0.2, 0) is 6.54 Å². The summed E-state index contributed by atoms with van der Waals surface area (Å²) in [6, 6.07) is 13.2. The molecule has 2 aromatic carbocycles. The molecular weight excluding hydrogens is 503 g/mol. The van der Waals surface area contributed by atoms with Gasteiger partial charge >= 0.3 is 0 Å². The lowest BCUT2D eigenvalue weighted by molar-refractivity contribution is 0.405. The van der Waals surface area contributed by atoms with Gasteiger partial charge in [0.15, 0.2) is 5.96 Å². The fraction of sp³-hybridized carbons (Fsp3) is 0.200. The van der Waals surface area contributed by atoms with Crippen molar-refractivity contribution in [2.24, 2.45) is 10.7 Å². The lowest BCUT2D eigenvalue weighted by Gasteiger charge is -2.12. The molecule has 0 fully saturated rings. The minimum absolute atomic E-state index is 0. The molecule has 154 valence electrons. The number of aliphatic imine (C=N–C) groups is 1. The fourth-order valence-electron chi connectivity index (χ4n) is 2.50. The number of nitrogens with zero attached hydrogens (tertiary/aromatic N) is 2. The summed E-state index contributed by atoms with van der Waals surface area (Å²) < 4.78 is 15.7. The third kappa shape index (κ3) is 5.97. The summed E-state index contributed by atoms with van der Waals surface area (Å²) in [6.45, 7) is 0.373. The van der Waals surface area contributed by atoms with Crippen LogP contribution in [0, 0.1) is 0 Å². The van der Waals surface area contributed by atoms with Gasteiger partial charge in [0.1, 0.15) is 22.3 Å². The molecule has 0 unspecified atom stereocenters. The van der Waals surface area contributed by atoms with Crippen LogP contribution in [0.1, 0.15) is 5.69 Å². The summed E-state index contributed by atoms with van der Waals surface area (Å²) in [5.41, 5.74) is 8.58. The summed E-state index contributed by atoms with van der Waals surface area (Å²) in [4.78, 5) is 8.98. The van der Waals surface area contributed by atoms with Gasteiger partial charge in [0.05, 0.1) is 39.3 Å². The van der Waals surface area contributed by atoms with Gasteiger partial charge in [0, 0.05) is 17.0 Å². The lowest BCUT2D eigenvalue weighted by atomic mass is 10.2. The van der Waals surface area contributed by atoms with Crippen molar-refractivity contribution in [2.75, 3.05) is 26.6 Å². The van der Waals surface area contributed by atoms with E-state index in [4.69, 9.17) is 19.9 Å². The number of benzene rings is 2. The standard InChI is InChI=1S/C20H22N4O3S.HI/c1-25-15-6-4-13(5-7-15)19-23-14(12-28-19)11-22-20(21)24-17-10-16(26-2)8-9-18(17)27-3;/h4-10,12H,11H2,1-3H3,(H3,21,22,24);1H. The van der Waals surface area contributed by atoms with Gasteiger partial charge in [-0.05, 0) is 36.4 Å². The third-order valence-corrected chi connectivity index (χ3v) is 4.91. The Morgan fingerprint density at radius 2 is 1.72 bits per heavy atom. The van der Waals surface area contributed by atoms with Crippen molar-refractivity contribution >= 4 is 47.0 Å². The van der Waals surface area contributed by atoms with Crippen molar-refractivity contribution in [3.63, 3.8) is 0 Å². The summed E-state index contributed by atoms with van der Waals surface area (Å²) in [5.74, 6) is 2.43. The Kier molecular flexibility index (Phi) is 8.52. The molecule has 9 heteroatoms. The molecule has 0 saturated heterocycles. The van der Waals surface area contributed by atoms with Crippen LogP contribution in [0.25, 0.3) is 10.6 Å². The first-order chi connectivity index (χ1) is 13.6. The molecule has 0 amide bonds. The number of methoxy groups -OCH3 is 3. The molecule has 3 aromatic rings. The van der Waals surface area contributed by atoms with Crippen LogP contribution in [0.4, 0.5) is 5.69 Å². The average Bonchev–Trinajstić information content (AvgIpc) is 3.21. The Hall–Kier alpha value is -2.53. The SMILES string of the molecule is COc1ccc(-c2nc(CN=C(N)Nc3cc(OC)ccc3OC)cs2)cc1.I. The number of hydrogen-bond donors (Lipinski definition) is 2. The number of rotatable bonds is 7. The zero-order chi connectivity index (χ0) is 19.9. The molecule has 0 spiro atoms. The van der Waals surface area contributed by atoms with Crippen molar-refractivity contribution < 1.29 is 14.2 Å². The van der Waals surface area contributed by atoms with Gasteiger partial charge in [-0.15, -0.1) is 35.3 Å². The average molecular weight is 526 g/mol. The van der Waals surface area contributed by atoms with Gasteiger partial charge in [0.2, 0.25) is 0 Å². The predicted octanol–water partition coefficient (Wildman–Crippen LogP) is 4.38. The van der Waals surface area contributed by atoms with E-state index in [-0.39, 0.29) is 29.9 Å². The summed E-state index contributed by atoms with van der Waals surface area (Å²) in [5, 5.41) is 5.94. The Bertz CT molecular complexity index is 961. The summed E-state index contributed by atoms with van der Waals surface area (Å²) in [6.07, 6.45) is 0. The highest BCUT2D eigenvalue weighted by molar-refractivity contribution is 14.0. The summed E-state index contributed by atoms with van der Waals surface area (Å²) in [7, 11) is 4.84. The summed E-state index contributed by atoms with van der Waals surface area (Å²) >= 11 is 1.56. The van der Waals surface area contributed by atoms with Gasteiger partial charge in [-0.2, -0.15) is 0 Å². The highest BCUT2D eigenvalue weighted by Gasteiger charge is 2.08. The number of ether oxygens (including phenoxy) is 3. The van der Waals surface area contributed by atoms with Crippen LogP contribution < -0.4 is 25.3 Å². The molecule has 0 saturated carbocycles. The van der Waals surface area contributed by atoms with Crippen molar-refractivity contribution in [1.29, 1.82) is 0 Å². The van der Waals surface area contributed by atoms with E-state index in [0.717, 1.165) is 22.0 Å². The van der Waals surface area contributed by atoms with Gasteiger partial charge in [0.25, 0.3) is 0 Å². The largest absolute Gasteiger partial charge is 0.497 e. The second kappa shape index (κ2) is 10.9. The number of aromatic nitrogens is 1. The monoisotopic (exact) mass is 526 g/mol. The third-order valence-electron chi connectivity index (χ3n) is 3.97. The second-order valence-corrected chi connectivity index (χ2v) is 6.62. The number of guanidine groups is 1. The molecular formula is C20H23IN4O3S. The van der Waals surface area contributed by atoms with Crippen LogP contribution in [0.3, 0.4) is 0 Å². The fourth-order valence-corrected chi connectivity index (χ4v) is 3.32. The number of thiazole rings is 1. The molecule has 1 aromatic heterocycles. The van der Waals surface area contributed by atoms with E-state index in [0.29, 0.717) is 23.7 Å². The van der Waals surface area contributed by atoms with Crippen LogP contribution in [0.15, 0.2) is 52.8 Å². The topological polar surface area (TPSA) is 91.0 Å². The molecule has 0 atom stereocenters. The van der Waals surface area contributed by atoms with E-state index in [2.05, 4.69) is 15.3 Å². The molecule has 0 aliphatic carbocycles. The van der Waals surface area contributed by atoms with Crippen molar-refractivity contribution in [1.82, 2.24) is 4.98 Å². The Labute approximate surface area is 190 Å². The number of hydrogen-bond acceptors (Lipinski definition) is 6. The van der Waals surface area contributed by atoms with Crippen LogP contribution in [-0.4, -0.2) is 32.3 Å². The normalized spacial score (nSPS) is 10.8. The molecule has 0 radical (unpaired) electrons. The van der Waals surface area contributed by atoms with E-state index >= 15 is 0 Å². The molecule has 0 aliphatic heterocycles. The van der Waals surface area contributed by atoms with Crippen molar-refractivity contribution in [3.05, 3.63) is 53.5 Å². The zero-order valence-electron chi connectivity index (χ0n) is 16.3. The van der Waals surface area contributed by atoms with E-state index in [1.807, 2.05) is 35.7 Å². The van der Waals surface area contributed by atoms with Crippen LogP contribution in [0.5, 0.6) is 17.2 Å². The van der Waals surface area contributed by atoms with Crippen molar-refractivity contribution in [2.45, 2.75) is 6.54 Å². The first-order valence-corrected chi connectivity index (χ1v) is 9.38. The number of anilines is 1.